The minimum absolute atomic E-state index is 0.0438. The van der Waals surface area contributed by atoms with Gasteiger partial charge in [-0.2, -0.15) is 0 Å². The van der Waals surface area contributed by atoms with Crippen molar-refractivity contribution in [2.45, 2.75) is 31.3 Å². The first-order valence-electron chi connectivity index (χ1n) is 5.41. The van der Waals surface area contributed by atoms with E-state index >= 15 is 0 Å². The summed E-state index contributed by atoms with van der Waals surface area (Å²) in [6, 6.07) is 5.04. The maximum Gasteiger partial charge on any atom is 0.237 e. The summed E-state index contributed by atoms with van der Waals surface area (Å²) in [6.07, 6.45) is 0. The second-order valence-corrected chi connectivity index (χ2v) is 6.41. The molecule has 1 atom stereocenters. The SMILES string of the molecule is CC(C)SC(C)C(=O)Nc1ccc(Cl)cc1N. The zero-order valence-corrected chi connectivity index (χ0v) is 11.7. The Kier molecular flexibility index (Phi) is 5.15. The van der Waals surface area contributed by atoms with E-state index < -0.39 is 0 Å². The van der Waals surface area contributed by atoms with Crippen molar-refractivity contribution in [2.75, 3.05) is 11.1 Å². The topological polar surface area (TPSA) is 55.1 Å². The highest BCUT2D eigenvalue weighted by molar-refractivity contribution is 8.01. The Morgan fingerprint density at radius 3 is 2.59 bits per heavy atom. The number of amides is 1. The third kappa shape index (κ3) is 4.48. The lowest BCUT2D eigenvalue weighted by Gasteiger charge is -2.15. The normalized spacial score (nSPS) is 12.5. The number of nitrogen functional groups attached to an aromatic ring is 1. The molecule has 1 unspecified atom stereocenters. The predicted octanol–water partition coefficient (Wildman–Crippen LogP) is 3.39. The van der Waals surface area contributed by atoms with Crippen LogP contribution in [0.5, 0.6) is 0 Å². The van der Waals surface area contributed by atoms with E-state index in [1.807, 2.05) is 6.92 Å². The van der Waals surface area contributed by atoms with Crippen LogP contribution in [0.3, 0.4) is 0 Å². The van der Waals surface area contributed by atoms with Gasteiger partial charge in [0.1, 0.15) is 0 Å². The lowest BCUT2D eigenvalue weighted by molar-refractivity contribution is -0.115. The molecule has 0 bridgehead atoms. The Bertz CT molecular complexity index is 409. The first kappa shape index (κ1) is 14.2. The van der Waals surface area contributed by atoms with E-state index in [9.17, 15) is 4.79 Å². The fourth-order valence-corrected chi connectivity index (χ4v) is 2.53. The van der Waals surface area contributed by atoms with Crippen molar-refractivity contribution in [2.24, 2.45) is 0 Å². The number of nitrogens with two attached hydrogens (primary N) is 1. The van der Waals surface area contributed by atoms with Gasteiger partial charge in [-0.25, -0.2) is 0 Å². The molecular weight excluding hydrogens is 256 g/mol. The molecule has 0 fully saturated rings. The number of halogens is 1. The molecule has 5 heteroatoms. The monoisotopic (exact) mass is 272 g/mol. The quantitative estimate of drug-likeness (QED) is 0.826. The van der Waals surface area contributed by atoms with Crippen LogP contribution in [0.4, 0.5) is 11.4 Å². The van der Waals surface area contributed by atoms with Crippen LogP contribution < -0.4 is 11.1 Å². The van der Waals surface area contributed by atoms with E-state index in [4.69, 9.17) is 17.3 Å². The molecule has 3 nitrogen and oxygen atoms in total. The number of hydrogen-bond acceptors (Lipinski definition) is 3. The second-order valence-electron chi connectivity index (χ2n) is 4.05. The summed E-state index contributed by atoms with van der Waals surface area (Å²) in [7, 11) is 0. The average Bonchev–Trinajstić information content (AvgIpc) is 2.21. The first-order chi connectivity index (χ1) is 7.90. The van der Waals surface area contributed by atoms with Gasteiger partial charge in [-0.3, -0.25) is 4.79 Å². The summed E-state index contributed by atoms with van der Waals surface area (Å²) in [6.45, 7) is 6.00. The van der Waals surface area contributed by atoms with Gasteiger partial charge in [-0.05, 0) is 30.4 Å². The maximum absolute atomic E-state index is 11.9. The summed E-state index contributed by atoms with van der Waals surface area (Å²) in [4.78, 5) is 11.9. The Morgan fingerprint density at radius 2 is 2.06 bits per heavy atom. The highest BCUT2D eigenvalue weighted by atomic mass is 35.5. The Morgan fingerprint density at radius 1 is 1.41 bits per heavy atom. The molecule has 1 amide bonds. The largest absolute Gasteiger partial charge is 0.397 e. The highest BCUT2D eigenvalue weighted by Crippen LogP contribution is 2.24. The van der Waals surface area contributed by atoms with Crippen LogP contribution in [0.15, 0.2) is 18.2 Å². The molecule has 0 radical (unpaired) electrons. The molecule has 94 valence electrons. The molecule has 0 aliphatic rings. The molecule has 17 heavy (non-hydrogen) atoms. The standard InChI is InChI=1S/C12H17ClN2OS/c1-7(2)17-8(3)12(16)15-11-5-4-9(13)6-10(11)14/h4-8H,14H2,1-3H3,(H,15,16). The Hall–Kier alpha value is -0.870. The van der Waals surface area contributed by atoms with Gasteiger partial charge < -0.3 is 11.1 Å². The molecule has 3 N–H and O–H groups in total. The summed E-state index contributed by atoms with van der Waals surface area (Å²) in [5.74, 6) is -0.0438. The minimum atomic E-state index is -0.106. The Balaban J connectivity index is 2.67. The number of carbonyl (C=O) groups is 1. The third-order valence-electron chi connectivity index (χ3n) is 2.12. The van der Waals surface area contributed by atoms with Crippen LogP contribution in [-0.4, -0.2) is 16.4 Å². The number of hydrogen-bond donors (Lipinski definition) is 2. The first-order valence-corrected chi connectivity index (χ1v) is 6.73. The molecule has 1 aromatic carbocycles. The number of nitrogens with one attached hydrogen (secondary N) is 1. The number of carbonyl (C=O) groups excluding carboxylic acids is 1. The number of benzene rings is 1. The van der Waals surface area contributed by atoms with Gasteiger partial charge in [0, 0.05) is 5.02 Å². The van der Waals surface area contributed by atoms with Crippen molar-refractivity contribution in [1.29, 1.82) is 0 Å². The molecule has 0 aliphatic carbocycles. The van der Waals surface area contributed by atoms with Crippen molar-refractivity contribution in [3.63, 3.8) is 0 Å². The molecule has 0 heterocycles. The average molecular weight is 273 g/mol. The van der Waals surface area contributed by atoms with E-state index in [0.717, 1.165) is 0 Å². The van der Waals surface area contributed by atoms with E-state index in [-0.39, 0.29) is 11.2 Å². The van der Waals surface area contributed by atoms with Gasteiger partial charge >= 0.3 is 0 Å². The van der Waals surface area contributed by atoms with Gasteiger partial charge in [0.05, 0.1) is 16.6 Å². The molecular formula is C12H17ClN2OS. The van der Waals surface area contributed by atoms with Crippen LogP contribution >= 0.6 is 23.4 Å². The fraction of sp³-hybridized carbons (Fsp3) is 0.417. The molecule has 1 rings (SSSR count). The zero-order chi connectivity index (χ0) is 13.0. The lowest BCUT2D eigenvalue weighted by Crippen LogP contribution is -2.24. The van der Waals surface area contributed by atoms with Crippen LogP contribution in [-0.2, 0) is 4.79 Å². The van der Waals surface area contributed by atoms with Gasteiger partial charge in [-0.15, -0.1) is 11.8 Å². The van der Waals surface area contributed by atoms with E-state index in [1.165, 1.54) is 0 Å². The van der Waals surface area contributed by atoms with Crippen LogP contribution in [0.25, 0.3) is 0 Å². The fourth-order valence-electron chi connectivity index (χ4n) is 1.35. The molecule has 0 saturated heterocycles. The molecule has 0 saturated carbocycles. The van der Waals surface area contributed by atoms with Crippen molar-refractivity contribution < 1.29 is 4.79 Å². The lowest BCUT2D eigenvalue weighted by atomic mass is 10.2. The van der Waals surface area contributed by atoms with Crippen LogP contribution in [0, 0.1) is 0 Å². The van der Waals surface area contributed by atoms with Gasteiger partial charge in [0.2, 0.25) is 5.91 Å². The predicted molar refractivity (Wildman–Crippen MR) is 76.7 cm³/mol. The second kappa shape index (κ2) is 6.17. The van der Waals surface area contributed by atoms with Gasteiger partial charge in [0.25, 0.3) is 0 Å². The van der Waals surface area contributed by atoms with Gasteiger partial charge in [0.15, 0.2) is 0 Å². The Labute approximate surface area is 111 Å². The summed E-state index contributed by atoms with van der Waals surface area (Å²) in [5, 5.41) is 3.67. The van der Waals surface area contributed by atoms with Crippen molar-refractivity contribution >= 4 is 40.6 Å². The highest BCUT2D eigenvalue weighted by Gasteiger charge is 2.15. The summed E-state index contributed by atoms with van der Waals surface area (Å²) >= 11 is 7.40. The smallest absolute Gasteiger partial charge is 0.237 e. The number of rotatable bonds is 4. The van der Waals surface area contributed by atoms with Crippen molar-refractivity contribution in [1.82, 2.24) is 0 Å². The van der Waals surface area contributed by atoms with Crippen LogP contribution in [0.2, 0.25) is 5.02 Å². The van der Waals surface area contributed by atoms with E-state index in [1.54, 1.807) is 30.0 Å². The molecule has 0 spiro atoms. The van der Waals surface area contributed by atoms with E-state index in [2.05, 4.69) is 19.2 Å². The molecule has 0 aromatic heterocycles. The maximum atomic E-state index is 11.9. The summed E-state index contributed by atoms with van der Waals surface area (Å²) < 4.78 is 0. The van der Waals surface area contributed by atoms with Crippen molar-refractivity contribution in [3.05, 3.63) is 23.2 Å². The van der Waals surface area contributed by atoms with Gasteiger partial charge in [-0.1, -0.05) is 25.4 Å². The third-order valence-corrected chi connectivity index (χ3v) is 3.52. The summed E-state index contributed by atoms with van der Waals surface area (Å²) in [5.41, 5.74) is 6.85. The minimum Gasteiger partial charge on any atom is -0.397 e. The van der Waals surface area contributed by atoms with E-state index in [0.29, 0.717) is 21.6 Å². The zero-order valence-electron chi connectivity index (χ0n) is 10.2. The van der Waals surface area contributed by atoms with Crippen LogP contribution in [0.1, 0.15) is 20.8 Å². The van der Waals surface area contributed by atoms with Crippen molar-refractivity contribution in [3.8, 4) is 0 Å². The number of thioether (sulfide) groups is 1. The number of anilines is 2. The molecule has 1 aromatic rings. The molecule has 0 aliphatic heterocycles.